The Bertz CT molecular complexity index is 521. The smallest absolute Gasteiger partial charge is 0.118 e. The van der Waals surface area contributed by atoms with E-state index in [9.17, 15) is 5.11 Å². The van der Waals surface area contributed by atoms with Crippen LogP contribution in [0.25, 0.3) is 6.08 Å². The minimum atomic E-state index is 0.402. The van der Waals surface area contributed by atoms with Gasteiger partial charge in [0.15, 0.2) is 0 Å². The second kappa shape index (κ2) is 6.17. The summed E-state index contributed by atoms with van der Waals surface area (Å²) in [4.78, 5) is 0. The second-order valence-corrected chi connectivity index (χ2v) is 5.84. The fraction of sp³-hybridized carbons (Fsp3) is 0.444. The fourth-order valence-corrected chi connectivity index (χ4v) is 2.72. The highest BCUT2D eigenvalue weighted by Gasteiger charge is 2.24. The molecule has 1 aliphatic carbocycles. The quantitative estimate of drug-likeness (QED) is 0.841. The monoisotopic (exact) mass is 272 g/mol. The topological polar surface area (TPSA) is 29.5 Å². The van der Waals surface area contributed by atoms with Gasteiger partial charge in [0.05, 0.1) is 7.11 Å². The molecule has 0 amide bonds. The van der Waals surface area contributed by atoms with Crippen LogP contribution < -0.4 is 4.74 Å². The van der Waals surface area contributed by atoms with Crippen LogP contribution in [0.2, 0.25) is 0 Å². The first kappa shape index (κ1) is 14.7. The van der Waals surface area contributed by atoms with Crippen molar-refractivity contribution in [2.75, 3.05) is 7.11 Å². The summed E-state index contributed by atoms with van der Waals surface area (Å²) in [5.41, 5.74) is 3.34. The standard InChI is InChI=1S/C18H24O2/c1-12(2)16-10-5-13(3)17(18(16)19)11-14-6-8-15(20-4)9-7-14/h6-9,11-13,19H,5,10H2,1-4H3/b17-11-/t13-/m1/s1. The molecule has 0 aliphatic heterocycles. The molecule has 2 heteroatoms. The van der Waals surface area contributed by atoms with Gasteiger partial charge in [0, 0.05) is 0 Å². The van der Waals surface area contributed by atoms with Crippen LogP contribution in [0.5, 0.6) is 5.75 Å². The Labute approximate surface area is 121 Å². The summed E-state index contributed by atoms with van der Waals surface area (Å²) < 4.78 is 5.17. The number of aliphatic hydroxyl groups is 1. The maximum Gasteiger partial charge on any atom is 0.118 e. The third-order valence-corrected chi connectivity index (χ3v) is 4.09. The van der Waals surface area contributed by atoms with Crippen LogP contribution in [0.3, 0.4) is 0 Å². The minimum absolute atomic E-state index is 0.402. The molecule has 20 heavy (non-hydrogen) atoms. The zero-order chi connectivity index (χ0) is 14.7. The number of allylic oxidation sites excluding steroid dienone is 2. The molecule has 2 rings (SSSR count). The van der Waals surface area contributed by atoms with Gasteiger partial charge in [-0.2, -0.15) is 0 Å². The predicted molar refractivity (Wildman–Crippen MR) is 83.9 cm³/mol. The highest BCUT2D eigenvalue weighted by atomic mass is 16.5. The predicted octanol–water partition coefficient (Wildman–Crippen LogP) is 4.98. The number of hydrogen-bond acceptors (Lipinski definition) is 2. The Morgan fingerprint density at radius 1 is 1.25 bits per heavy atom. The van der Waals surface area contributed by atoms with E-state index in [1.807, 2.05) is 24.3 Å². The lowest BCUT2D eigenvalue weighted by Gasteiger charge is -2.26. The maximum atomic E-state index is 10.5. The molecule has 0 spiro atoms. The van der Waals surface area contributed by atoms with Crippen molar-refractivity contribution in [2.24, 2.45) is 11.8 Å². The largest absolute Gasteiger partial charge is 0.508 e. The molecule has 0 radical (unpaired) electrons. The van der Waals surface area contributed by atoms with Gasteiger partial charge in [-0.3, -0.25) is 0 Å². The van der Waals surface area contributed by atoms with Crippen molar-refractivity contribution in [3.63, 3.8) is 0 Å². The normalized spacial score (nSPS) is 21.6. The van der Waals surface area contributed by atoms with Crippen LogP contribution in [-0.2, 0) is 0 Å². The van der Waals surface area contributed by atoms with Gasteiger partial charge in [-0.05, 0) is 59.6 Å². The van der Waals surface area contributed by atoms with Crippen molar-refractivity contribution >= 4 is 6.08 Å². The average molecular weight is 272 g/mol. The molecule has 0 unspecified atom stereocenters. The summed E-state index contributed by atoms with van der Waals surface area (Å²) in [7, 11) is 1.67. The first-order chi connectivity index (χ1) is 9.52. The molecule has 1 atom stereocenters. The highest BCUT2D eigenvalue weighted by Crippen LogP contribution is 2.37. The van der Waals surface area contributed by atoms with Crippen LogP contribution in [0, 0.1) is 11.8 Å². The molecule has 2 nitrogen and oxygen atoms in total. The first-order valence-corrected chi connectivity index (χ1v) is 7.31. The summed E-state index contributed by atoms with van der Waals surface area (Å²) in [6.45, 7) is 6.47. The Kier molecular flexibility index (Phi) is 4.53. The van der Waals surface area contributed by atoms with E-state index < -0.39 is 0 Å². The third-order valence-electron chi connectivity index (χ3n) is 4.09. The van der Waals surface area contributed by atoms with Gasteiger partial charge in [-0.1, -0.05) is 32.9 Å². The second-order valence-electron chi connectivity index (χ2n) is 5.84. The molecule has 0 aromatic heterocycles. The van der Waals surface area contributed by atoms with Crippen LogP contribution in [0.4, 0.5) is 0 Å². The maximum absolute atomic E-state index is 10.5. The molecule has 0 heterocycles. The van der Waals surface area contributed by atoms with Crippen molar-refractivity contribution in [3.8, 4) is 5.75 Å². The lowest BCUT2D eigenvalue weighted by Crippen LogP contribution is -2.14. The molecule has 0 fully saturated rings. The Morgan fingerprint density at radius 3 is 2.45 bits per heavy atom. The summed E-state index contributed by atoms with van der Waals surface area (Å²) in [5, 5.41) is 10.5. The molecule has 0 saturated heterocycles. The Hall–Kier alpha value is -1.70. The number of benzene rings is 1. The number of methoxy groups -OCH3 is 1. The number of aliphatic hydroxyl groups excluding tert-OH is 1. The summed E-state index contributed by atoms with van der Waals surface area (Å²) in [6, 6.07) is 7.94. The van der Waals surface area contributed by atoms with Gasteiger partial charge in [0.1, 0.15) is 11.5 Å². The van der Waals surface area contributed by atoms with E-state index in [2.05, 4.69) is 26.8 Å². The molecule has 0 bridgehead atoms. The van der Waals surface area contributed by atoms with Gasteiger partial charge >= 0.3 is 0 Å². The fourth-order valence-electron chi connectivity index (χ4n) is 2.72. The third kappa shape index (κ3) is 3.06. The number of rotatable bonds is 3. The lowest BCUT2D eigenvalue weighted by atomic mass is 9.80. The van der Waals surface area contributed by atoms with Crippen molar-refractivity contribution in [2.45, 2.75) is 33.6 Å². The molecule has 1 aliphatic rings. The van der Waals surface area contributed by atoms with Crippen molar-refractivity contribution in [1.29, 1.82) is 0 Å². The van der Waals surface area contributed by atoms with E-state index in [1.54, 1.807) is 7.11 Å². The molecular weight excluding hydrogens is 248 g/mol. The molecule has 108 valence electrons. The Balaban J connectivity index is 2.36. The van der Waals surface area contributed by atoms with Crippen molar-refractivity contribution in [1.82, 2.24) is 0 Å². The van der Waals surface area contributed by atoms with E-state index in [0.717, 1.165) is 29.7 Å². The zero-order valence-corrected chi connectivity index (χ0v) is 12.8. The van der Waals surface area contributed by atoms with E-state index in [-0.39, 0.29) is 0 Å². The van der Waals surface area contributed by atoms with Gasteiger partial charge in [0.25, 0.3) is 0 Å². The van der Waals surface area contributed by atoms with Crippen LogP contribution in [0.1, 0.15) is 39.2 Å². The van der Waals surface area contributed by atoms with Crippen molar-refractivity contribution in [3.05, 3.63) is 46.7 Å². The lowest BCUT2D eigenvalue weighted by molar-refractivity contribution is 0.367. The molecule has 1 N–H and O–H groups in total. The molecule has 1 aromatic rings. The molecule has 1 aromatic carbocycles. The average Bonchev–Trinajstić information content (AvgIpc) is 2.43. The zero-order valence-electron chi connectivity index (χ0n) is 12.8. The minimum Gasteiger partial charge on any atom is -0.508 e. The SMILES string of the molecule is COc1ccc(/C=C2\C(O)=C(C(C)C)CC[C@H]2C)cc1. The summed E-state index contributed by atoms with van der Waals surface area (Å²) in [5.74, 6) is 2.17. The summed E-state index contributed by atoms with van der Waals surface area (Å²) >= 11 is 0. The van der Waals surface area contributed by atoms with Crippen molar-refractivity contribution < 1.29 is 9.84 Å². The van der Waals surface area contributed by atoms with Gasteiger partial charge < -0.3 is 9.84 Å². The van der Waals surface area contributed by atoms with Gasteiger partial charge in [-0.25, -0.2) is 0 Å². The van der Waals surface area contributed by atoms with Crippen LogP contribution in [0.15, 0.2) is 41.2 Å². The van der Waals surface area contributed by atoms with E-state index in [4.69, 9.17) is 4.74 Å². The number of ether oxygens (including phenoxy) is 1. The first-order valence-electron chi connectivity index (χ1n) is 7.31. The molecular formula is C18H24O2. The van der Waals surface area contributed by atoms with E-state index in [1.165, 1.54) is 5.57 Å². The van der Waals surface area contributed by atoms with Gasteiger partial charge in [0.2, 0.25) is 0 Å². The summed E-state index contributed by atoms with van der Waals surface area (Å²) in [6.07, 6.45) is 4.21. The molecule has 0 saturated carbocycles. The van der Waals surface area contributed by atoms with Crippen LogP contribution >= 0.6 is 0 Å². The Morgan fingerprint density at radius 2 is 1.90 bits per heavy atom. The van der Waals surface area contributed by atoms with Gasteiger partial charge in [-0.15, -0.1) is 0 Å². The van der Waals surface area contributed by atoms with E-state index >= 15 is 0 Å². The van der Waals surface area contributed by atoms with Crippen LogP contribution in [-0.4, -0.2) is 12.2 Å². The van der Waals surface area contributed by atoms with E-state index in [0.29, 0.717) is 17.6 Å². The highest BCUT2D eigenvalue weighted by molar-refractivity contribution is 5.60. The number of hydrogen-bond donors (Lipinski definition) is 1.